The Labute approximate surface area is 130 Å². The molecule has 4 unspecified atom stereocenters. The molecule has 0 bridgehead atoms. The lowest BCUT2D eigenvalue weighted by molar-refractivity contribution is -0.131. The smallest absolute Gasteiger partial charge is 0.241 e. The third-order valence-electron chi connectivity index (χ3n) is 5.01. The summed E-state index contributed by atoms with van der Waals surface area (Å²) >= 11 is 0. The molecule has 122 valence electrons. The molecule has 3 heteroatoms. The average Bonchev–Trinajstić information content (AvgIpc) is 2.88. The first-order chi connectivity index (χ1) is 9.86. The van der Waals surface area contributed by atoms with Gasteiger partial charge in [-0.15, -0.1) is 0 Å². The molecule has 0 aromatic carbocycles. The number of amides is 1. The molecular formula is C18H34N2O. The molecule has 1 amide bonds. The van der Waals surface area contributed by atoms with Gasteiger partial charge in [-0.2, -0.15) is 0 Å². The predicted molar refractivity (Wildman–Crippen MR) is 87.8 cm³/mol. The Bertz CT molecular complexity index is 353. The van der Waals surface area contributed by atoms with Crippen molar-refractivity contribution in [1.29, 1.82) is 0 Å². The van der Waals surface area contributed by atoms with Crippen molar-refractivity contribution < 1.29 is 4.79 Å². The van der Waals surface area contributed by atoms with Crippen molar-refractivity contribution in [1.82, 2.24) is 10.2 Å². The second-order valence-corrected chi connectivity index (χ2v) is 8.27. The normalized spacial score (nSPS) is 33.7. The van der Waals surface area contributed by atoms with Crippen LogP contribution in [0.3, 0.4) is 0 Å². The van der Waals surface area contributed by atoms with Gasteiger partial charge in [-0.3, -0.25) is 10.1 Å². The first-order valence-corrected chi connectivity index (χ1v) is 8.93. The Kier molecular flexibility index (Phi) is 5.70. The van der Waals surface area contributed by atoms with Crippen molar-refractivity contribution in [2.75, 3.05) is 6.54 Å². The minimum Gasteiger partial charge on any atom is -0.326 e. The van der Waals surface area contributed by atoms with E-state index < -0.39 is 0 Å². The third-order valence-corrected chi connectivity index (χ3v) is 5.01. The molecule has 2 rings (SSSR count). The highest BCUT2D eigenvalue weighted by Gasteiger charge is 2.40. The van der Waals surface area contributed by atoms with E-state index in [0.29, 0.717) is 17.7 Å². The summed E-state index contributed by atoms with van der Waals surface area (Å²) < 4.78 is 0. The zero-order valence-electron chi connectivity index (χ0n) is 14.6. The lowest BCUT2D eigenvalue weighted by Crippen LogP contribution is -2.41. The molecule has 1 N–H and O–H groups in total. The van der Waals surface area contributed by atoms with E-state index in [4.69, 9.17) is 0 Å². The van der Waals surface area contributed by atoms with Crippen LogP contribution in [0.1, 0.15) is 66.7 Å². The molecule has 0 aromatic heterocycles. The second-order valence-electron chi connectivity index (χ2n) is 8.27. The van der Waals surface area contributed by atoms with Crippen molar-refractivity contribution in [2.45, 2.75) is 78.9 Å². The van der Waals surface area contributed by atoms with E-state index >= 15 is 0 Å². The molecule has 21 heavy (non-hydrogen) atoms. The molecular weight excluding hydrogens is 260 g/mol. The highest BCUT2D eigenvalue weighted by Crippen LogP contribution is 2.33. The number of rotatable bonds is 6. The van der Waals surface area contributed by atoms with E-state index in [1.807, 2.05) is 0 Å². The molecule has 0 aromatic rings. The van der Waals surface area contributed by atoms with Crippen molar-refractivity contribution in [2.24, 2.45) is 23.7 Å². The highest BCUT2D eigenvalue weighted by atomic mass is 16.2. The fourth-order valence-corrected chi connectivity index (χ4v) is 4.02. The van der Waals surface area contributed by atoms with Crippen LogP contribution >= 0.6 is 0 Å². The van der Waals surface area contributed by atoms with Crippen LogP contribution in [0.2, 0.25) is 0 Å². The Morgan fingerprint density at radius 2 is 1.81 bits per heavy atom. The molecule has 1 aliphatic carbocycles. The summed E-state index contributed by atoms with van der Waals surface area (Å²) in [5.74, 6) is 3.11. The van der Waals surface area contributed by atoms with E-state index in [1.165, 1.54) is 19.3 Å². The van der Waals surface area contributed by atoms with Gasteiger partial charge in [-0.25, -0.2) is 0 Å². The molecule has 1 saturated carbocycles. The molecule has 2 fully saturated rings. The van der Waals surface area contributed by atoms with E-state index in [0.717, 1.165) is 31.2 Å². The average molecular weight is 294 g/mol. The van der Waals surface area contributed by atoms with Crippen molar-refractivity contribution in [3.63, 3.8) is 0 Å². The summed E-state index contributed by atoms with van der Waals surface area (Å²) in [6, 6.07) is 0.0487. The maximum absolute atomic E-state index is 12.8. The van der Waals surface area contributed by atoms with Crippen LogP contribution in [0, 0.1) is 23.7 Å². The third kappa shape index (κ3) is 4.45. The summed E-state index contributed by atoms with van der Waals surface area (Å²) in [7, 11) is 0. The molecule has 2 aliphatic rings. The zero-order valence-corrected chi connectivity index (χ0v) is 14.6. The topological polar surface area (TPSA) is 32.3 Å². The molecule has 1 heterocycles. The first-order valence-electron chi connectivity index (χ1n) is 8.93. The summed E-state index contributed by atoms with van der Waals surface area (Å²) in [6.07, 6.45) is 6.23. The van der Waals surface area contributed by atoms with E-state index in [1.54, 1.807) is 0 Å². The molecule has 0 spiro atoms. The van der Waals surface area contributed by atoms with Crippen LogP contribution in [0.4, 0.5) is 0 Å². The SMILES string of the molecule is CC(C)CC1NC(CC(C)C)N(CC2CCC(C)C2)C1=O. The van der Waals surface area contributed by atoms with Crippen LogP contribution in [0.15, 0.2) is 0 Å². The standard InChI is InChI=1S/C18H34N2O/c1-12(2)8-16-18(21)20(17(19-16)9-13(3)4)11-15-7-6-14(5)10-15/h12-17,19H,6-11H2,1-5H3. The Balaban J connectivity index is 2.00. The maximum Gasteiger partial charge on any atom is 0.241 e. The maximum atomic E-state index is 12.8. The van der Waals surface area contributed by atoms with Crippen LogP contribution in [-0.2, 0) is 4.79 Å². The quantitative estimate of drug-likeness (QED) is 0.811. The summed E-state index contributed by atoms with van der Waals surface area (Å²) in [6.45, 7) is 12.2. The molecule has 1 aliphatic heterocycles. The Morgan fingerprint density at radius 1 is 1.14 bits per heavy atom. The van der Waals surface area contributed by atoms with Crippen LogP contribution in [0.25, 0.3) is 0 Å². The fourth-order valence-electron chi connectivity index (χ4n) is 4.02. The summed E-state index contributed by atoms with van der Waals surface area (Å²) in [4.78, 5) is 14.9. The van der Waals surface area contributed by atoms with Gasteiger partial charge in [0, 0.05) is 6.54 Å². The first kappa shape index (κ1) is 16.8. The lowest BCUT2D eigenvalue weighted by Gasteiger charge is -2.28. The minimum atomic E-state index is 0.0487. The number of nitrogens with one attached hydrogen (secondary N) is 1. The van der Waals surface area contributed by atoms with Gasteiger partial charge in [-0.1, -0.05) is 41.0 Å². The molecule has 3 nitrogen and oxygen atoms in total. The van der Waals surface area contributed by atoms with Crippen molar-refractivity contribution >= 4 is 5.91 Å². The van der Waals surface area contributed by atoms with Gasteiger partial charge in [0.05, 0.1) is 12.2 Å². The van der Waals surface area contributed by atoms with Gasteiger partial charge in [-0.05, 0) is 49.4 Å². The monoisotopic (exact) mass is 294 g/mol. The van der Waals surface area contributed by atoms with E-state index in [9.17, 15) is 4.79 Å². The predicted octanol–water partition coefficient (Wildman–Crippen LogP) is 3.64. The highest BCUT2D eigenvalue weighted by molar-refractivity contribution is 5.84. The van der Waals surface area contributed by atoms with Gasteiger partial charge < -0.3 is 4.90 Å². The van der Waals surface area contributed by atoms with Crippen molar-refractivity contribution in [3.8, 4) is 0 Å². The van der Waals surface area contributed by atoms with Crippen molar-refractivity contribution in [3.05, 3.63) is 0 Å². The van der Waals surface area contributed by atoms with Gasteiger partial charge >= 0.3 is 0 Å². The number of carbonyl (C=O) groups excluding carboxylic acids is 1. The summed E-state index contributed by atoms with van der Waals surface area (Å²) in [5.41, 5.74) is 0. The second kappa shape index (κ2) is 7.13. The van der Waals surface area contributed by atoms with Crippen LogP contribution in [-0.4, -0.2) is 29.6 Å². The number of hydrogen-bond donors (Lipinski definition) is 1. The summed E-state index contributed by atoms with van der Waals surface area (Å²) in [5, 5.41) is 3.62. The lowest BCUT2D eigenvalue weighted by atomic mass is 10.0. The molecule has 1 saturated heterocycles. The number of nitrogens with zero attached hydrogens (tertiary/aromatic N) is 1. The number of hydrogen-bond acceptors (Lipinski definition) is 2. The molecule has 4 atom stereocenters. The Hall–Kier alpha value is -0.570. The van der Waals surface area contributed by atoms with Crippen LogP contribution in [0.5, 0.6) is 0 Å². The molecule has 0 radical (unpaired) electrons. The minimum absolute atomic E-state index is 0.0487. The largest absolute Gasteiger partial charge is 0.326 e. The van der Waals surface area contributed by atoms with Gasteiger partial charge in [0.15, 0.2) is 0 Å². The number of carbonyl (C=O) groups is 1. The van der Waals surface area contributed by atoms with Gasteiger partial charge in [0.25, 0.3) is 0 Å². The zero-order chi connectivity index (χ0) is 15.6. The van der Waals surface area contributed by atoms with E-state index in [2.05, 4.69) is 44.8 Å². The van der Waals surface area contributed by atoms with E-state index in [-0.39, 0.29) is 12.2 Å². The fraction of sp³-hybridized carbons (Fsp3) is 0.944. The van der Waals surface area contributed by atoms with Crippen LogP contribution < -0.4 is 5.32 Å². The van der Waals surface area contributed by atoms with Gasteiger partial charge in [0.1, 0.15) is 0 Å². The Morgan fingerprint density at radius 3 is 2.33 bits per heavy atom. The van der Waals surface area contributed by atoms with Gasteiger partial charge in [0.2, 0.25) is 5.91 Å².